The molecule has 1 aliphatic heterocycles. The second-order valence-corrected chi connectivity index (χ2v) is 5.09. The highest BCUT2D eigenvalue weighted by molar-refractivity contribution is 7.99. The number of aromatic nitrogens is 4. The summed E-state index contributed by atoms with van der Waals surface area (Å²) in [6.45, 7) is 0.0211. The van der Waals surface area contributed by atoms with Gasteiger partial charge in [0.05, 0.1) is 19.0 Å². The number of rotatable bonds is 2. The average Bonchev–Trinajstić information content (AvgIpc) is 2.84. The van der Waals surface area contributed by atoms with Crippen molar-refractivity contribution >= 4 is 28.7 Å². The molecule has 7 nitrogen and oxygen atoms in total. The van der Waals surface area contributed by atoms with Gasteiger partial charge in [0.2, 0.25) is 0 Å². The van der Waals surface area contributed by atoms with E-state index in [2.05, 4.69) is 15.0 Å². The Balaban J connectivity index is 1.96. The van der Waals surface area contributed by atoms with Crippen LogP contribution in [-0.4, -0.2) is 48.8 Å². The standard InChI is InChI=1S/C10H13N5O2S/c11-9-8-10(13-4-12-9)15(5-14-8)7-3-18-2-6(1-16)17-7/h4-7,16H,1-3H2,(H2,11,12,13)/t6-,7-/m1/s1. The van der Waals surface area contributed by atoms with Gasteiger partial charge in [-0.15, -0.1) is 0 Å². The number of fused-ring (bicyclic) bond motifs is 1. The van der Waals surface area contributed by atoms with Gasteiger partial charge in [0, 0.05) is 11.5 Å². The Bertz CT molecular complexity index is 560. The number of hydrogen-bond acceptors (Lipinski definition) is 7. The second kappa shape index (κ2) is 4.71. The minimum Gasteiger partial charge on any atom is -0.394 e. The van der Waals surface area contributed by atoms with Crippen LogP contribution in [0.4, 0.5) is 5.82 Å². The molecule has 2 aromatic heterocycles. The third-order valence-electron chi connectivity index (χ3n) is 2.81. The van der Waals surface area contributed by atoms with Crippen LogP contribution in [0.3, 0.4) is 0 Å². The van der Waals surface area contributed by atoms with Crippen LogP contribution >= 0.6 is 11.8 Å². The summed E-state index contributed by atoms with van der Waals surface area (Å²) in [5, 5.41) is 9.15. The Morgan fingerprint density at radius 3 is 3.17 bits per heavy atom. The predicted molar refractivity (Wildman–Crippen MR) is 68.1 cm³/mol. The molecule has 3 rings (SSSR count). The molecule has 0 unspecified atom stereocenters. The van der Waals surface area contributed by atoms with E-state index in [0.717, 1.165) is 11.5 Å². The summed E-state index contributed by atoms with van der Waals surface area (Å²) in [6, 6.07) is 0. The highest BCUT2D eigenvalue weighted by atomic mass is 32.2. The molecule has 2 atom stereocenters. The van der Waals surface area contributed by atoms with Gasteiger partial charge >= 0.3 is 0 Å². The number of nitrogens with two attached hydrogens (primary N) is 1. The summed E-state index contributed by atoms with van der Waals surface area (Å²) in [4.78, 5) is 12.3. The molecule has 0 bridgehead atoms. The van der Waals surface area contributed by atoms with E-state index in [0.29, 0.717) is 17.0 Å². The number of aliphatic hydroxyl groups excluding tert-OH is 1. The summed E-state index contributed by atoms with van der Waals surface area (Å²) in [7, 11) is 0. The zero-order chi connectivity index (χ0) is 12.5. The van der Waals surface area contributed by atoms with Crippen LogP contribution in [0, 0.1) is 0 Å². The predicted octanol–water partition coefficient (Wildman–Crippen LogP) is 0.0314. The van der Waals surface area contributed by atoms with Gasteiger partial charge in [0.1, 0.15) is 18.1 Å². The number of imidazole rings is 1. The number of ether oxygens (including phenoxy) is 1. The van der Waals surface area contributed by atoms with Crippen molar-refractivity contribution in [3.8, 4) is 0 Å². The minimum absolute atomic E-state index is 0.0211. The van der Waals surface area contributed by atoms with Crippen molar-refractivity contribution in [1.29, 1.82) is 0 Å². The molecule has 0 aromatic carbocycles. The van der Waals surface area contributed by atoms with E-state index in [9.17, 15) is 0 Å². The topological polar surface area (TPSA) is 99.1 Å². The van der Waals surface area contributed by atoms with Crippen molar-refractivity contribution in [3.63, 3.8) is 0 Å². The first kappa shape index (κ1) is 11.7. The molecule has 0 aliphatic carbocycles. The van der Waals surface area contributed by atoms with Crippen LogP contribution in [0.15, 0.2) is 12.7 Å². The molecule has 0 radical (unpaired) electrons. The third kappa shape index (κ3) is 1.92. The molecule has 0 saturated carbocycles. The Labute approximate surface area is 107 Å². The molecule has 3 N–H and O–H groups in total. The van der Waals surface area contributed by atoms with Gasteiger partial charge in [-0.05, 0) is 0 Å². The summed E-state index contributed by atoms with van der Waals surface area (Å²) in [5.41, 5.74) is 6.98. The maximum absolute atomic E-state index is 9.15. The molecule has 0 amide bonds. The van der Waals surface area contributed by atoms with Crippen LogP contribution in [0.25, 0.3) is 11.2 Å². The minimum atomic E-state index is -0.180. The van der Waals surface area contributed by atoms with Crippen molar-refractivity contribution in [3.05, 3.63) is 12.7 Å². The smallest absolute Gasteiger partial charge is 0.167 e. The molecular formula is C10H13N5O2S. The van der Waals surface area contributed by atoms with E-state index in [1.54, 1.807) is 18.1 Å². The third-order valence-corrected chi connectivity index (χ3v) is 3.94. The van der Waals surface area contributed by atoms with Gasteiger partial charge in [-0.3, -0.25) is 4.57 Å². The summed E-state index contributed by atoms with van der Waals surface area (Å²) >= 11 is 1.74. The largest absolute Gasteiger partial charge is 0.394 e. The lowest BCUT2D eigenvalue weighted by atomic mass is 10.4. The average molecular weight is 267 g/mol. The lowest BCUT2D eigenvalue weighted by Crippen LogP contribution is -2.31. The fourth-order valence-electron chi connectivity index (χ4n) is 1.92. The Morgan fingerprint density at radius 2 is 2.33 bits per heavy atom. The van der Waals surface area contributed by atoms with Gasteiger partial charge in [-0.1, -0.05) is 0 Å². The molecule has 96 valence electrons. The first-order chi connectivity index (χ1) is 8.79. The van der Waals surface area contributed by atoms with Crippen molar-refractivity contribution in [2.45, 2.75) is 12.3 Å². The molecule has 2 aromatic rings. The number of hydrogen-bond donors (Lipinski definition) is 2. The van der Waals surface area contributed by atoms with Gasteiger partial charge < -0.3 is 15.6 Å². The molecule has 1 saturated heterocycles. The van der Waals surface area contributed by atoms with Gasteiger partial charge in [0.25, 0.3) is 0 Å². The van der Waals surface area contributed by atoms with Crippen LogP contribution in [0.1, 0.15) is 6.23 Å². The number of aliphatic hydroxyl groups is 1. The Morgan fingerprint density at radius 1 is 1.44 bits per heavy atom. The molecule has 18 heavy (non-hydrogen) atoms. The van der Waals surface area contributed by atoms with Crippen molar-refractivity contribution in [2.24, 2.45) is 0 Å². The molecule has 1 fully saturated rings. The maximum atomic E-state index is 9.15. The fourth-order valence-corrected chi connectivity index (χ4v) is 2.95. The molecule has 0 spiro atoms. The van der Waals surface area contributed by atoms with Gasteiger partial charge in [-0.25, -0.2) is 15.0 Å². The van der Waals surface area contributed by atoms with Crippen molar-refractivity contribution in [1.82, 2.24) is 19.5 Å². The van der Waals surface area contributed by atoms with E-state index in [1.807, 2.05) is 4.57 Å². The van der Waals surface area contributed by atoms with E-state index in [1.165, 1.54) is 6.33 Å². The van der Waals surface area contributed by atoms with Crippen LogP contribution in [0.2, 0.25) is 0 Å². The highest BCUT2D eigenvalue weighted by Gasteiger charge is 2.25. The Kier molecular flexibility index (Phi) is 3.06. The number of nitrogen functional groups attached to an aromatic ring is 1. The van der Waals surface area contributed by atoms with Crippen LogP contribution < -0.4 is 5.73 Å². The van der Waals surface area contributed by atoms with Crippen LogP contribution in [0.5, 0.6) is 0 Å². The van der Waals surface area contributed by atoms with E-state index in [4.69, 9.17) is 15.6 Å². The first-order valence-corrected chi connectivity index (χ1v) is 6.72. The molecule has 8 heteroatoms. The lowest BCUT2D eigenvalue weighted by molar-refractivity contribution is -0.0548. The lowest BCUT2D eigenvalue weighted by Gasteiger charge is -2.29. The molecular weight excluding hydrogens is 254 g/mol. The SMILES string of the molecule is Nc1ncnc2c1ncn2[C@H]1CSC[C@@H](CO)O1. The number of anilines is 1. The summed E-state index contributed by atoms with van der Waals surface area (Å²) < 4.78 is 7.61. The zero-order valence-electron chi connectivity index (χ0n) is 9.56. The normalized spacial score (nSPS) is 24.5. The van der Waals surface area contributed by atoms with Gasteiger partial charge in [-0.2, -0.15) is 11.8 Å². The second-order valence-electron chi connectivity index (χ2n) is 4.02. The van der Waals surface area contributed by atoms with E-state index in [-0.39, 0.29) is 18.9 Å². The fraction of sp³-hybridized carbons (Fsp3) is 0.500. The zero-order valence-corrected chi connectivity index (χ0v) is 10.4. The van der Waals surface area contributed by atoms with E-state index < -0.39 is 0 Å². The highest BCUT2D eigenvalue weighted by Crippen LogP contribution is 2.28. The summed E-state index contributed by atoms with van der Waals surface area (Å²) in [6.07, 6.45) is 2.74. The van der Waals surface area contributed by atoms with Crippen LogP contribution in [-0.2, 0) is 4.74 Å². The first-order valence-electron chi connectivity index (χ1n) is 5.56. The Hall–Kier alpha value is -1.38. The number of nitrogens with zero attached hydrogens (tertiary/aromatic N) is 4. The summed E-state index contributed by atoms with van der Waals surface area (Å²) in [5.74, 6) is 1.96. The van der Waals surface area contributed by atoms with Gasteiger partial charge in [0.15, 0.2) is 11.5 Å². The maximum Gasteiger partial charge on any atom is 0.167 e. The quantitative estimate of drug-likeness (QED) is 0.792. The van der Waals surface area contributed by atoms with Crippen molar-refractivity contribution < 1.29 is 9.84 Å². The molecule has 3 heterocycles. The van der Waals surface area contributed by atoms with E-state index >= 15 is 0 Å². The number of thioether (sulfide) groups is 1. The van der Waals surface area contributed by atoms with Crippen molar-refractivity contribution in [2.75, 3.05) is 23.8 Å². The molecule has 1 aliphatic rings. The monoisotopic (exact) mass is 267 g/mol.